The van der Waals surface area contributed by atoms with Crippen LogP contribution in [0.3, 0.4) is 0 Å². The molecule has 2 amide bonds. The van der Waals surface area contributed by atoms with Crippen molar-refractivity contribution < 1.29 is 19.5 Å². The molecule has 0 saturated heterocycles. The van der Waals surface area contributed by atoms with Crippen molar-refractivity contribution in [3.63, 3.8) is 0 Å². The van der Waals surface area contributed by atoms with Gasteiger partial charge in [-0.2, -0.15) is 12.6 Å². The molecule has 8 heteroatoms. The number of hydrogen-bond acceptors (Lipinski definition) is 6. The summed E-state index contributed by atoms with van der Waals surface area (Å²) >= 11 is 3.81. The monoisotopic (exact) mass is 263 g/mol. The molecule has 0 aromatic heterocycles. The fourth-order valence-electron chi connectivity index (χ4n) is 1.12. The molecule has 7 nitrogen and oxygen atoms in total. The van der Waals surface area contributed by atoms with Crippen molar-refractivity contribution in [3.8, 4) is 0 Å². The number of thiol groups is 1. The normalized spacial score (nSPS) is 15.8. The molecule has 0 saturated carbocycles. The van der Waals surface area contributed by atoms with E-state index < -0.39 is 35.9 Å². The van der Waals surface area contributed by atoms with Gasteiger partial charge in [0, 0.05) is 5.75 Å². The first-order chi connectivity index (χ1) is 7.73. The number of hydrogen-bond donors (Lipinski definition) is 4. The summed E-state index contributed by atoms with van der Waals surface area (Å²) < 4.78 is 0. The fraction of sp³-hybridized carbons (Fsp3) is 0.667. The fourth-order valence-corrected chi connectivity index (χ4v) is 1.44. The first kappa shape index (κ1) is 15.9. The number of aliphatic carboxylic acids is 1. The molecule has 0 aromatic rings. The highest BCUT2D eigenvalue weighted by Gasteiger charge is 2.36. The van der Waals surface area contributed by atoms with Crippen LogP contribution in [0.2, 0.25) is 0 Å². The van der Waals surface area contributed by atoms with Gasteiger partial charge in [0.25, 0.3) is 0 Å². The van der Waals surface area contributed by atoms with Gasteiger partial charge in [0.15, 0.2) is 0 Å². The SMILES string of the molecule is CC(N)C(=O)N(C(=O)C(C)N)C(CS)C(=O)O. The lowest BCUT2D eigenvalue weighted by Crippen LogP contribution is -2.57. The summed E-state index contributed by atoms with van der Waals surface area (Å²) in [4.78, 5) is 35.0. The van der Waals surface area contributed by atoms with Crippen LogP contribution in [-0.4, -0.2) is 51.7 Å². The van der Waals surface area contributed by atoms with Crippen LogP contribution >= 0.6 is 12.6 Å². The van der Waals surface area contributed by atoms with Crippen LogP contribution in [0.15, 0.2) is 0 Å². The zero-order valence-electron chi connectivity index (χ0n) is 9.66. The van der Waals surface area contributed by atoms with Gasteiger partial charge in [-0.3, -0.25) is 14.5 Å². The Morgan fingerprint density at radius 2 is 1.53 bits per heavy atom. The maximum atomic E-state index is 11.7. The van der Waals surface area contributed by atoms with E-state index in [1.165, 1.54) is 13.8 Å². The van der Waals surface area contributed by atoms with Gasteiger partial charge in [0.1, 0.15) is 6.04 Å². The van der Waals surface area contributed by atoms with Crippen LogP contribution < -0.4 is 11.5 Å². The van der Waals surface area contributed by atoms with Gasteiger partial charge in [-0.15, -0.1) is 0 Å². The molecule has 3 unspecified atom stereocenters. The first-order valence-corrected chi connectivity index (χ1v) is 5.59. The number of nitrogens with zero attached hydrogens (tertiary/aromatic N) is 1. The minimum Gasteiger partial charge on any atom is -0.480 e. The molecule has 0 aliphatic rings. The maximum absolute atomic E-state index is 11.7. The average molecular weight is 263 g/mol. The highest BCUT2D eigenvalue weighted by atomic mass is 32.1. The van der Waals surface area contributed by atoms with E-state index in [4.69, 9.17) is 16.6 Å². The van der Waals surface area contributed by atoms with Gasteiger partial charge in [-0.05, 0) is 13.8 Å². The lowest BCUT2D eigenvalue weighted by atomic mass is 10.2. The highest BCUT2D eigenvalue weighted by molar-refractivity contribution is 7.80. The third kappa shape index (κ3) is 3.99. The molecule has 3 atom stereocenters. The van der Waals surface area contributed by atoms with Crippen molar-refractivity contribution in [2.75, 3.05) is 5.75 Å². The smallest absolute Gasteiger partial charge is 0.327 e. The Morgan fingerprint density at radius 1 is 1.18 bits per heavy atom. The van der Waals surface area contributed by atoms with E-state index in [9.17, 15) is 14.4 Å². The van der Waals surface area contributed by atoms with E-state index in [-0.39, 0.29) is 5.75 Å². The minimum atomic E-state index is -1.37. The molecular weight excluding hydrogens is 246 g/mol. The largest absolute Gasteiger partial charge is 0.480 e. The average Bonchev–Trinajstić information content (AvgIpc) is 2.22. The molecule has 98 valence electrons. The number of imide groups is 1. The topological polar surface area (TPSA) is 127 Å². The quantitative estimate of drug-likeness (QED) is 0.443. The molecule has 0 spiro atoms. The Hall–Kier alpha value is -1.12. The Labute approximate surface area is 105 Å². The van der Waals surface area contributed by atoms with Crippen molar-refractivity contribution in [1.29, 1.82) is 0 Å². The van der Waals surface area contributed by atoms with Crippen molar-refractivity contribution in [2.24, 2.45) is 11.5 Å². The Balaban J connectivity index is 5.30. The van der Waals surface area contributed by atoms with Crippen LogP contribution in [0.25, 0.3) is 0 Å². The summed E-state index contributed by atoms with van der Waals surface area (Å²) in [5.41, 5.74) is 10.7. The number of amides is 2. The molecule has 0 radical (unpaired) electrons. The van der Waals surface area contributed by atoms with E-state index in [1.54, 1.807) is 0 Å². The van der Waals surface area contributed by atoms with E-state index >= 15 is 0 Å². The maximum Gasteiger partial charge on any atom is 0.327 e. The Bertz CT molecular complexity index is 299. The molecule has 0 aromatic carbocycles. The number of carbonyl (C=O) groups is 3. The molecule has 0 rings (SSSR count). The predicted molar refractivity (Wildman–Crippen MR) is 64.4 cm³/mol. The second-order valence-electron chi connectivity index (χ2n) is 3.66. The number of carboxylic acids is 1. The summed E-state index contributed by atoms with van der Waals surface area (Å²) in [5, 5.41) is 8.93. The van der Waals surface area contributed by atoms with E-state index in [1.807, 2.05) is 0 Å². The Kier molecular flexibility index (Phi) is 6.14. The van der Waals surface area contributed by atoms with Gasteiger partial charge < -0.3 is 16.6 Å². The van der Waals surface area contributed by atoms with E-state index in [0.717, 1.165) is 0 Å². The molecule has 0 bridgehead atoms. The molecule has 0 fully saturated rings. The lowest BCUT2D eigenvalue weighted by Gasteiger charge is -2.28. The van der Waals surface area contributed by atoms with Crippen LogP contribution in [-0.2, 0) is 14.4 Å². The van der Waals surface area contributed by atoms with Gasteiger partial charge in [0.2, 0.25) is 11.8 Å². The van der Waals surface area contributed by atoms with Crippen LogP contribution in [0.5, 0.6) is 0 Å². The second kappa shape index (κ2) is 6.58. The van der Waals surface area contributed by atoms with Gasteiger partial charge in [-0.25, -0.2) is 4.79 Å². The van der Waals surface area contributed by atoms with Crippen LogP contribution in [0.1, 0.15) is 13.8 Å². The second-order valence-corrected chi connectivity index (χ2v) is 4.03. The molecule has 0 aliphatic heterocycles. The number of carbonyl (C=O) groups excluding carboxylic acids is 2. The summed E-state index contributed by atoms with van der Waals surface area (Å²) in [6.07, 6.45) is 0. The zero-order chi connectivity index (χ0) is 13.7. The molecular formula is C9H17N3O4S. The predicted octanol–water partition coefficient (Wildman–Crippen LogP) is -1.58. The van der Waals surface area contributed by atoms with Crippen molar-refractivity contribution >= 4 is 30.4 Å². The van der Waals surface area contributed by atoms with Crippen LogP contribution in [0.4, 0.5) is 0 Å². The summed E-state index contributed by atoms with van der Waals surface area (Å²) in [5.74, 6) is -3.10. The number of nitrogens with two attached hydrogens (primary N) is 2. The van der Waals surface area contributed by atoms with Crippen molar-refractivity contribution in [2.45, 2.75) is 32.0 Å². The number of carboxylic acid groups (broad SMARTS) is 1. The molecule has 17 heavy (non-hydrogen) atoms. The summed E-state index contributed by atoms with van der Waals surface area (Å²) in [7, 11) is 0. The third-order valence-corrected chi connectivity index (χ3v) is 2.37. The van der Waals surface area contributed by atoms with Gasteiger partial charge in [-0.1, -0.05) is 0 Å². The van der Waals surface area contributed by atoms with E-state index in [2.05, 4.69) is 12.6 Å². The van der Waals surface area contributed by atoms with Gasteiger partial charge >= 0.3 is 5.97 Å². The first-order valence-electron chi connectivity index (χ1n) is 4.95. The highest BCUT2D eigenvalue weighted by Crippen LogP contribution is 2.07. The summed E-state index contributed by atoms with van der Waals surface area (Å²) in [6, 6.07) is -3.34. The lowest BCUT2D eigenvalue weighted by molar-refractivity contribution is -0.157. The zero-order valence-corrected chi connectivity index (χ0v) is 10.6. The number of rotatable bonds is 5. The van der Waals surface area contributed by atoms with Crippen LogP contribution in [0, 0.1) is 0 Å². The standard InChI is InChI=1S/C9H17N3O4S/c1-4(10)7(13)12(8(14)5(2)11)6(3-17)9(15)16/h4-6,17H,3,10-11H2,1-2H3,(H,15,16). The van der Waals surface area contributed by atoms with Crippen molar-refractivity contribution in [1.82, 2.24) is 4.90 Å². The summed E-state index contributed by atoms with van der Waals surface area (Å²) in [6.45, 7) is 2.72. The molecule has 5 N–H and O–H groups in total. The van der Waals surface area contributed by atoms with Gasteiger partial charge in [0.05, 0.1) is 12.1 Å². The third-order valence-electron chi connectivity index (χ3n) is 2.02. The minimum absolute atomic E-state index is 0.202. The Morgan fingerprint density at radius 3 is 1.71 bits per heavy atom. The molecule has 0 aliphatic carbocycles. The molecule has 0 heterocycles. The van der Waals surface area contributed by atoms with E-state index in [0.29, 0.717) is 4.90 Å². The van der Waals surface area contributed by atoms with Crippen molar-refractivity contribution in [3.05, 3.63) is 0 Å².